The van der Waals surface area contributed by atoms with Crippen molar-refractivity contribution in [1.29, 1.82) is 0 Å². The molecule has 0 aromatic heterocycles. The van der Waals surface area contributed by atoms with Gasteiger partial charge in [-0.15, -0.1) is 0 Å². The predicted octanol–water partition coefficient (Wildman–Crippen LogP) is 3.31. The zero-order valence-corrected chi connectivity index (χ0v) is 11.9. The van der Waals surface area contributed by atoms with Crippen LogP contribution in [-0.2, 0) is 4.74 Å². The molecule has 17 heavy (non-hydrogen) atoms. The molecule has 0 amide bonds. The van der Waals surface area contributed by atoms with Crippen molar-refractivity contribution in [2.75, 3.05) is 20.8 Å². The van der Waals surface area contributed by atoms with Crippen molar-refractivity contribution in [2.24, 2.45) is 5.92 Å². The number of Topliss-reactive ketones (excluding diaryl/α,β-unsaturated/α-hetero) is 1. The van der Waals surface area contributed by atoms with Gasteiger partial charge in [0.25, 0.3) is 0 Å². The van der Waals surface area contributed by atoms with Gasteiger partial charge in [0.15, 0.2) is 5.78 Å². The van der Waals surface area contributed by atoms with E-state index in [0.29, 0.717) is 17.9 Å². The second kappa shape index (κ2) is 6.77. The Morgan fingerprint density at radius 2 is 2.12 bits per heavy atom. The minimum absolute atomic E-state index is 0.0571. The van der Waals surface area contributed by atoms with Gasteiger partial charge >= 0.3 is 0 Å². The van der Waals surface area contributed by atoms with Crippen LogP contribution in [0.2, 0.25) is 0 Å². The maximum atomic E-state index is 12.2. The zero-order valence-electron chi connectivity index (χ0n) is 10.3. The van der Waals surface area contributed by atoms with Crippen LogP contribution in [0, 0.1) is 5.92 Å². The number of carbonyl (C=O) groups excluding carboxylic acids is 1. The quantitative estimate of drug-likeness (QED) is 0.756. The Kier molecular flexibility index (Phi) is 5.65. The Labute approximate surface area is 110 Å². The molecule has 0 aliphatic rings. The molecule has 1 unspecified atom stereocenters. The van der Waals surface area contributed by atoms with Crippen LogP contribution in [0.15, 0.2) is 22.7 Å². The molecule has 0 saturated carbocycles. The summed E-state index contributed by atoms with van der Waals surface area (Å²) >= 11 is 3.39. The molecule has 0 saturated heterocycles. The minimum atomic E-state index is -0.0571. The Balaban J connectivity index is 2.87. The van der Waals surface area contributed by atoms with Crippen LogP contribution < -0.4 is 4.74 Å². The summed E-state index contributed by atoms with van der Waals surface area (Å²) < 4.78 is 10.9. The van der Waals surface area contributed by atoms with Crippen molar-refractivity contribution in [2.45, 2.75) is 13.3 Å². The number of hydrogen-bond donors (Lipinski definition) is 0. The number of ether oxygens (including phenoxy) is 2. The van der Waals surface area contributed by atoms with Crippen LogP contribution >= 0.6 is 15.9 Å². The zero-order chi connectivity index (χ0) is 12.8. The lowest BCUT2D eigenvalue weighted by Gasteiger charge is -2.12. The second-order valence-corrected chi connectivity index (χ2v) is 4.75. The third kappa shape index (κ3) is 3.82. The van der Waals surface area contributed by atoms with Gasteiger partial charge in [0.2, 0.25) is 0 Å². The fourth-order valence-electron chi connectivity index (χ4n) is 1.51. The number of carbonyl (C=O) groups is 1. The molecule has 0 bridgehead atoms. The number of rotatable bonds is 6. The van der Waals surface area contributed by atoms with E-state index in [9.17, 15) is 4.79 Å². The van der Waals surface area contributed by atoms with Gasteiger partial charge in [0, 0.05) is 29.7 Å². The van der Waals surface area contributed by atoms with E-state index in [1.807, 2.05) is 19.1 Å². The molecule has 0 heterocycles. The summed E-state index contributed by atoms with van der Waals surface area (Å²) in [4.78, 5) is 12.2. The van der Waals surface area contributed by atoms with E-state index in [-0.39, 0.29) is 11.7 Å². The molecular formula is C13H17BrO3. The van der Waals surface area contributed by atoms with E-state index in [4.69, 9.17) is 9.47 Å². The molecule has 1 aromatic rings. The molecule has 0 fully saturated rings. The highest BCUT2D eigenvalue weighted by molar-refractivity contribution is 9.10. The molecule has 0 N–H and O–H groups in total. The van der Waals surface area contributed by atoms with Crippen molar-refractivity contribution in [1.82, 2.24) is 0 Å². The lowest BCUT2D eigenvalue weighted by molar-refractivity contribution is 0.0892. The average Bonchev–Trinajstić information content (AvgIpc) is 2.35. The predicted molar refractivity (Wildman–Crippen MR) is 70.7 cm³/mol. The lowest BCUT2D eigenvalue weighted by atomic mass is 9.96. The maximum absolute atomic E-state index is 12.2. The molecule has 4 heteroatoms. The highest BCUT2D eigenvalue weighted by Crippen LogP contribution is 2.25. The Morgan fingerprint density at radius 1 is 1.41 bits per heavy atom. The van der Waals surface area contributed by atoms with Gasteiger partial charge in [-0.05, 0) is 24.6 Å². The first-order chi connectivity index (χ1) is 8.10. The number of benzene rings is 1. The van der Waals surface area contributed by atoms with Crippen LogP contribution in [0.3, 0.4) is 0 Å². The summed E-state index contributed by atoms with van der Waals surface area (Å²) in [5, 5.41) is 0. The fraction of sp³-hybridized carbons (Fsp3) is 0.462. The summed E-state index contributed by atoms with van der Waals surface area (Å²) in [6.07, 6.45) is 0.721. The average molecular weight is 301 g/mol. The van der Waals surface area contributed by atoms with Gasteiger partial charge in [0.1, 0.15) is 5.75 Å². The van der Waals surface area contributed by atoms with Crippen LogP contribution in [0.1, 0.15) is 23.7 Å². The van der Waals surface area contributed by atoms with E-state index in [2.05, 4.69) is 15.9 Å². The van der Waals surface area contributed by atoms with Gasteiger partial charge in [0.05, 0.1) is 7.11 Å². The monoisotopic (exact) mass is 300 g/mol. The van der Waals surface area contributed by atoms with E-state index in [0.717, 1.165) is 10.9 Å². The van der Waals surface area contributed by atoms with Gasteiger partial charge in [-0.2, -0.15) is 0 Å². The molecule has 0 spiro atoms. The minimum Gasteiger partial charge on any atom is -0.497 e. The van der Waals surface area contributed by atoms with E-state index >= 15 is 0 Å². The molecule has 1 aromatic carbocycles. The normalized spacial score (nSPS) is 12.2. The number of methoxy groups -OCH3 is 2. The van der Waals surface area contributed by atoms with Crippen molar-refractivity contribution >= 4 is 21.7 Å². The topological polar surface area (TPSA) is 35.5 Å². The van der Waals surface area contributed by atoms with Crippen LogP contribution in [0.25, 0.3) is 0 Å². The third-order valence-corrected chi connectivity index (χ3v) is 3.33. The highest BCUT2D eigenvalue weighted by atomic mass is 79.9. The molecule has 0 aliphatic heterocycles. The first-order valence-electron chi connectivity index (χ1n) is 5.46. The van der Waals surface area contributed by atoms with Crippen molar-refractivity contribution in [3.05, 3.63) is 28.2 Å². The molecule has 1 atom stereocenters. The molecule has 1 rings (SSSR count). The molecular weight excluding hydrogens is 284 g/mol. The lowest BCUT2D eigenvalue weighted by Crippen LogP contribution is -2.14. The van der Waals surface area contributed by atoms with E-state index in [1.165, 1.54) is 0 Å². The summed E-state index contributed by atoms with van der Waals surface area (Å²) in [6, 6.07) is 5.41. The molecule has 3 nitrogen and oxygen atoms in total. The Hall–Kier alpha value is -0.870. The molecule has 0 aliphatic carbocycles. The van der Waals surface area contributed by atoms with E-state index < -0.39 is 0 Å². The van der Waals surface area contributed by atoms with Crippen molar-refractivity contribution in [3.63, 3.8) is 0 Å². The largest absolute Gasteiger partial charge is 0.497 e. The van der Waals surface area contributed by atoms with Gasteiger partial charge in [-0.3, -0.25) is 4.79 Å². The highest BCUT2D eigenvalue weighted by Gasteiger charge is 2.18. The first kappa shape index (κ1) is 14.2. The SMILES string of the molecule is COCCC(C)C(=O)c1cc(OC)ccc1Br. The summed E-state index contributed by atoms with van der Waals surface area (Å²) in [5.41, 5.74) is 0.660. The fourth-order valence-corrected chi connectivity index (χ4v) is 1.95. The Bertz CT molecular complexity index is 390. The number of halogens is 1. The smallest absolute Gasteiger partial charge is 0.167 e. The van der Waals surface area contributed by atoms with Gasteiger partial charge in [-0.1, -0.05) is 22.9 Å². The molecule has 0 radical (unpaired) electrons. The van der Waals surface area contributed by atoms with Crippen LogP contribution in [0.5, 0.6) is 5.75 Å². The summed E-state index contributed by atoms with van der Waals surface area (Å²) in [7, 11) is 3.23. The van der Waals surface area contributed by atoms with Crippen molar-refractivity contribution < 1.29 is 14.3 Å². The summed E-state index contributed by atoms with van der Waals surface area (Å²) in [5.74, 6) is 0.738. The maximum Gasteiger partial charge on any atom is 0.167 e. The van der Waals surface area contributed by atoms with Crippen LogP contribution in [0.4, 0.5) is 0 Å². The van der Waals surface area contributed by atoms with E-state index in [1.54, 1.807) is 20.3 Å². The number of hydrogen-bond acceptors (Lipinski definition) is 3. The number of ketones is 1. The second-order valence-electron chi connectivity index (χ2n) is 3.89. The summed E-state index contributed by atoms with van der Waals surface area (Å²) in [6.45, 7) is 2.50. The molecule has 94 valence electrons. The Morgan fingerprint density at radius 3 is 2.71 bits per heavy atom. The standard InChI is InChI=1S/C13H17BrO3/c1-9(6-7-16-2)13(15)11-8-10(17-3)4-5-12(11)14/h4-5,8-9H,6-7H2,1-3H3. The third-order valence-electron chi connectivity index (χ3n) is 2.64. The van der Waals surface area contributed by atoms with Crippen LogP contribution in [-0.4, -0.2) is 26.6 Å². The van der Waals surface area contributed by atoms with Gasteiger partial charge in [-0.25, -0.2) is 0 Å². The van der Waals surface area contributed by atoms with Crippen molar-refractivity contribution in [3.8, 4) is 5.75 Å². The van der Waals surface area contributed by atoms with Gasteiger partial charge < -0.3 is 9.47 Å². The first-order valence-corrected chi connectivity index (χ1v) is 6.26.